The topological polar surface area (TPSA) is 82.5 Å². The van der Waals surface area contributed by atoms with Gasteiger partial charge in [0.25, 0.3) is 0 Å². The van der Waals surface area contributed by atoms with E-state index in [2.05, 4.69) is 10.3 Å². The molecule has 0 aliphatic heterocycles. The Hall–Kier alpha value is -1.62. The summed E-state index contributed by atoms with van der Waals surface area (Å²) in [7, 11) is 0. The second-order valence-corrected chi connectivity index (χ2v) is 4.15. The minimum atomic E-state index is -0.991. The number of nitrogens with zero attached hydrogens (tertiary/aromatic N) is 1. The number of aromatic carboxylic acids is 1. The highest BCUT2D eigenvalue weighted by atomic mass is 16.4. The van der Waals surface area contributed by atoms with E-state index in [-0.39, 0.29) is 18.1 Å². The molecule has 17 heavy (non-hydrogen) atoms. The summed E-state index contributed by atoms with van der Waals surface area (Å²) in [6.07, 6.45) is 0.682. The monoisotopic (exact) mass is 238 g/mol. The zero-order valence-electron chi connectivity index (χ0n) is 10.1. The maximum atomic E-state index is 11.0. The predicted molar refractivity (Wildman–Crippen MR) is 65.3 cm³/mol. The van der Waals surface area contributed by atoms with Crippen molar-refractivity contribution >= 4 is 11.8 Å². The zero-order valence-corrected chi connectivity index (χ0v) is 10.1. The van der Waals surface area contributed by atoms with Gasteiger partial charge >= 0.3 is 5.97 Å². The van der Waals surface area contributed by atoms with Crippen molar-refractivity contribution < 1.29 is 15.0 Å². The van der Waals surface area contributed by atoms with Gasteiger partial charge in [-0.05, 0) is 31.4 Å². The summed E-state index contributed by atoms with van der Waals surface area (Å²) < 4.78 is 0. The molecule has 0 fully saturated rings. The Kier molecular flexibility index (Phi) is 4.90. The molecule has 1 unspecified atom stereocenters. The third-order valence-corrected chi connectivity index (χ3v) is 2.50. The lowest BCUT2D eigenvalue weighted by Gasteiger charge is -2.13. The fraction of sp³-hybridized carbons (Fsp3) is 0.500. The lowest BCUT2D eigenvalue weighted by Crippen LogP contribution is -2.16. The standard InChI is InChI=1S/C12H18N2O3/c1-8(5-6-15)7-13-11-10(12(16)17)4-3-9(2)14-11/h3-4,8,15H,5-7H2,1-2H3,(H,13,14)(H,16,17). The van der Waals surface area contributed by atoms with Crippen LogP contribution in [0.1, 0.15) is 29.4 Å². The van der Waals surface area contributed by atoms with Crippen molar-refractivity contribution in [3.05, 3.63) is 23.4 Å². The number of anilines is 1. The number of rotatable bonds is 6. The van der Waals surface area contributed by atoms with Crippen LogP contribution in [0.5, 0.6) is 0 Å². The quantitative estimate of drug-likeness (QED) is 0.700. The Balaban J connectivity index is 2.75. The Morgan fingerprint density at radius 2 is 2.24 bits per heavy atom. The Labute approximate surface area is 101 Å². The van der Waals surface area contributed by atoms with Crippen molar-refractivity contribution in [2.24, 2.45) is 5.92 Å². The van der Waals surface area contributed by atoms with E-state index in [4.69, 9.17) is 10.2 Å². The Morgan fingerprint density at radius 1 is 1.53 bits per heavy atom. The number of aryl methyl sites for hydroxylation is 1. The zero-order chi connectivity index (χ0) is 12.8. The average Bonchev–Trinajstić information content (AvgIpc) is 2.26. The van der Waals surface area contributed by atoms with Crippen LogP contribution in [-0.4, -0.2) is 34.3 Å². The van der Waals surface area contributed by atoms with Gasteiger partial charge in [0.15, 0.2) is 0 Å². The van der Waals surface area contributed by atoms with Gasteiger partial charge in [0.05, 0.1) is 0 Å². The first-order valence-corrected chi connectivity index (χ1v) is 5.60. The largest absolute Gasteiger partial charge is 0.478 e. The Bertz CT molecular complexity index is 393. The van der Waals surface area contributed by atoms with Crippen molar-refractivity contribution in [1.29, 1.82) is 0 Å². The fourth-order valence-corrected chi connectivity index (χ4v) is 1.46. The number of aromatic nitrogens is 1. The van der Waals surface area contributed by atoms with E-state index in [0.717, 1.165) is 5.69 Å². The molecular weight excluding hydrogens is 220 g/mol. The highest BCUT2D eigenvalue weighted by Crippen LogP contribution is 2.14. The first-order chi connectivity index (χ1) is 8.04. The summed E-state index contributed by atoms with van der Waals surface area (Å²) in [5.41, 5.74) is 0.944. The molecule has 0 aliphatic rings. The predicted octanol–water partition coefficient (Wildman–Crippen LogP) is 1.52. The molecule has 1 heterocycles. The number of carboxylic acid groups (broad SMARTS) is 1. The molecular formula is C12H18N2O3. The third kappa shape index (κ3) is 4.03. The highest BCUT2D eigenvalue weighted by molar-refractivity contribution is 5.93. The number of carboxylic acids is 1. The smallest absolute Gasteiger partial charge is 0.339 e. The van der Waals surface area contributed by atoms with Gasteiger partial charge in [-0.3, -0.25) is 0 Å². The molecule has 0 aromatic carbocycles. The molecule has 0 aliphatic carbocycles. The van der Waals surface area contributed by atoms with Crippen molar-refractivity contribution in [2.75, 3.05) is 18.5 Å². The van der Waals surface area contributed by atoms with Crippen LogP contribution >= 0.6 is 0 Å². The SMILES string of the molecule is Cc1ccc(C(=O)O)c(NCC(C)CCO)n1. The van der Waals surface area contributed by atoms with E-state index in [1.807, 2.05) is 13.8 Å². The molecule has 1 atom stereocenters. The Morgan fingerprint density at radius 3 is 2.82 bits per heavy atom. The summed E-state index contributed by atoms with van der Waals surface area (Å²) >= 11 is 0. The lowest BCUT2D eigenvalue weighted by molar-refractivity contribution is 0.0697. The van der Waals surface area contributed by atoms with Gasteiger partial charge < -0.3 is 15.5 Å². The molecule has 1 aromatic heterocycles. The third-order valence-electron chi connectivity index (χ3n) is 2.50. The fourth-order valence-electron chi connectivity index (χ4n) is 1.46. The normalized spacial score (nSPS) is 12.2. The summed E-state index contributed by atoms with van der Waals surface area (Å²) in [5.74, 6) is -0.332. The summed E-state index contributed by atoms with van der Waals surface area (Å²) in [6.45, 7) is 4.53. The van der Waals surface area contributed by atoms with E-state index in [0.29, 0.717) is 18.8 Å². The van der Waals surface area contributed by atoms with E-state index in [1.54, 1.807) is 12.1 Å². The molecule has 94 valence electrons. The van der Waals surface area contributed by atoms with E-state index < -0.39 is 5.97 Å². The number of aliphatic hydroxyl groups is 1. The van der Waals surface area contributed by atoms with Crippen LogP contribution in [0.15, 0.2) is 12.1 Å². The molecule has 5 heteroatoms. The second-order valence-electron chi connectivity index (χ2n) is 4.15. The molecule has 0 spiro atoms. The molecule has 1 aromatic rings. The van der Waals surface area contributed by atoms with Crippen LogP contribution in [0, 0.1) is 12.8 Å². The van der Waals surface area contributed by atoms with Gasteiger partial charge in [-0.25, -0.2) is 9.78 Å². The van der Waals surface area contributed by atoms with Crippen LogP contribution in [0.4, 0.5) is 5.82 Å². The van der Waals surface area contributed by atoms with Crippen molar-refractivity contribution in [3.63, 3.8) is 0 Å². The van der Waals surface area contributed by atoms with Crippen molar-refractivity contribution in [3.8, 4) is 0 Å². The molecule has 5 nitrogen and oxygen atoms in total. The maximum Gasteiger partial charge on any atom is 0.339 e. The molecule has 0 saturated carbocycles. The van der Waals surface area contributed by atoms with Crippen LogP contribution in [0.2, 0.25) is 0 Å². The van der Waals surface area contributed by atoms with Gasteiger partial charge in [-0.1, -0.05) is 6.92 Å². The number of hydrogen-bond acceptors (Lipinski definition) is 4. The minimum absolute atomic E-state index is 0.135. The first kappa shape index (κ1) is 13.4. The van der Waals surface area contributed by atoms with Crippen LogP contribution in [-0.2, 0) is 0 Å². The van der Waals surface area contributed by atoms with Gasteiger partial charge in [-0.15, -0.1) is 0 Å². The van der Waals surface area contributed by atoms with E-state index in [9.17, 15) is 4.79 Å². The minimum Gasteiger partial charge on any atom is -0.478 e. The molecule has 0 radical (unpaired) electrons. The lowest BCUT2D eigenvalue weighted by atomic mass is 10.1. The van der Waals surface area contributed by atoms with Crippen molar-refractivity contribution in [2.45, 2.75) is 20.3 Å². The number of nitrogens with one attached hydrogen (secondary N) is 1. The number of hydrogen-bond donors (Lipinski definition) is 3. The number of carbonyl (C=O) groups is 1. The van der Waals surface area contributed by atoms with Gasteiger partial charge in [-0.2, -0.15) is 0 Å². The number of pyridine rings is 1. The summed E-state index contributed by atoms with van der Waals surface area (Å²) in [6, 6.07) is 3.22. The molecule has 0 amide bonds. The summed E-state index contributed by atoms with van der Waals surface area (Å²) in [4.78, 5) is 15.2. The summed E-state index contributed by atoms with van der Waals surface area (Å²) in [5, 5.41) is 20.8. The van der Waals surface area contributed by atoms with Crippen LogP contribution in [0.25, 0.3) is 0 Å². The average molecular weight is 238 g/mol. The van der Waals surface area contributed by atoms with Gasteiger partial charge in [0.2, 0.25) is 0 Å². The van der Waals surface area contributed by atoms with E-state index >= 15 is 0 Å². The van der Waals surface area contributed by atoms with Gasteiger partial charge in [0.1, 0.15) is 11.4 Å². The van der Waals surface area contributed by atoms with Gasteiger partial charge in [0, 0.05) is 18.8 Å². The molecule has 0 bridgehead atoms. The van der Waals surface area contributed by atoms with Crippen molar-refractivity contribution in [1.82, 2.24) is 4.98 Å². The van der Waals surface area contributed by atoms with E-state index in [1.165, 1.54) is 0 Å². The highest BCUT2D eigenvalue weighted by Gasteiger charge is 2.12. The first-order valence-electron chi connectivity index (χ1n) is 5.60. The van der Waals surface area contributed by atoms with Crippen LogP contribution < -0.4 is 5.32 Å². The molecule has 1 rings (SSSR count). The molecule has 3 N–H and O–H groups in total. The molecule has 0 saturated heterocycles. The van der Waals surface area contributed by atoms with Crippen LogP contribution in [0.3, 0.4) is 0 Å². The second kappa shape index (κ2) is 6.20. The maximum absolute atomic E-state index is 11.0. The number of aliphatic hydroxyl groups excluding tert-OH is 1.